The fourth-order valence-electron chi connectivity index (χ4n) is 4.69. The molecule has 38 heavy (non-hydrogen) atoms. The number of benzene rings is 2. The molecule has 1 atom stereocenters. The van der Waals surface area contributed by atoms with Crippen molar-refractivity contribution in [1.29, 1.82) is 5.26 Å². The second-order valence-electron chi connectivity index (χ2n) is 8.82. The maximum atomic E-state index is 14.1. The lowest BCUT2D eigenvalue weighted by atomic mass is 10.0. The third kappa shape index (κ3) is 4.12. The number of ether oxygens (including phenoxy) is 2. The predicted molar refractivity (Wildman–Crippen MR) is 143 cm³/mol. The zero-order valence-electron chi connectivity index (χ0n) is 20.9. The zero-order chi connectivity index (χ0) is 27.1. The van der Waals surface area contributed by atoms with Gasteiger partial charge in [0.15, 0.2) is 5.69 Å². The normalized spacial score (nSPS) is 14.5. The first kappa shape index (κ1) is 25.5. The molecule has 1 amide bonds. The Bertz CT molecular complexity index is 1590. The molecule has 192 valence electrons. The van der Waals surface area contributed by atoms with Gasteiger partial charge in [0.1, 0.15) is 17.9 Å². The van der Waals surface area contributed by atoms with Gasteiger partial charge in [-0.3, -0.25) is 9.69 Å². The van der Waals surface area contributed by atoms with Gasteiger partial charge in [-0.1, -0.05) is 35.3 Å². The van der Waals surface area contributed by atoms with E-state index in [1.807, 2.05) is 30.5 Å². The predicted octanol–water partition coefficient (Wildman–Crippen LogP) is 5.87. The number of aromatic nitrogens is 4. The number of carbonyl (C=O) groups excluding carboxylic acids is 1. The highest BCUT2D eigenvalue weighted by Gasteiger charge is 2.45. The van der Waals surface area contributed by atoms with Gasteiger partial charge in [-0.2, -0.15) is 10.2 Å². The van der Waals surface area contributed by atoms with Gasteiger partial charge in [0, 0.05) is 22.3 Å². The molecule has 5 rings (SSSR count). The summed E-state index contributed by atoms with van der Waals surface area (Å²) in [6.45, 7) is 3.99. The van der Waals surface area contributed by atoms with Crippen LogP contribution in [0.5, 0.6) is 11.9 Å². The molecule has 4 aromatic rings. The van der Waals surface area contributed by atoms with Crippen LogP contribution >= 0.6 is 23.2 Å². The van der Waals surface area contributed by atoms with Crippen LogP contribution in [0.25, 0.3) is 11.4 Å². The number of anilines is 1. The van der Waals surface area contributed by atoms with Crippen LogP contribution in [0, 0.1) is 11.3 Å². The molecule has 1 aliphatic rings. The molecule has 0 saturated carbocycles. The summed E-state index contributed by atoms with van der Waals surface area (Å²) < 4.78 is 12.6. The summed E-state index contributed by atoms with van der Waals surface area (Å²) in [5.41, 5.74) is 2.90. The third-order valence-electron chi connectivity index (χ3n) is 6.28. The molecule has 0 fully saturated rings. The van der Waals surface area contributed by atoms with Crippen molar-refractivity contribution in [3.63, 3.8) is 0 Å². The molecular formula is C27H22Cl2N6O3. The lowest BCUT2D eigenvalue weighted by Gasteiger charge is -2.29. The van der Waals surface area contributed by atoms with Gasteiger partial charge < -0.3 is 14.0 Å². The Morgan fingerprint density at radius 1 is 1.03 bits per heavy atom. The van der Waals surface area contributed by atoms with Gasteiger partial charge >= 0.3 is 6.01 Å². The number of methoxy groups -OCH3 is 2. The van der Waals surface area contributed by atoms with Gasteiger partial charge in [-0.05, 0) is 49.7 Å². The molecule has 1 unspecified atom stereocenters. The van der Waals surface area contributed by atoms with Crippen LogP contribution in [0.2, 0.25) is 10.0 Å². The number of hydrogen-bond donors (Lipinski definition) is 0. The first-order valence-corrected chi connectivity index (χ1v) is 12.4. The SMILES string of the molecule is COc1ncc(-c2nc3c(n2C(C)C)C(c2ccc(Cl)cc2)N(c2cc(Cl)ccc2C#N)C3=O)c(OC)n1. The average molecular weight is 549 g/mol. The number of nitrogens with zero attached hydrogens (tertiary/aromatic N) is 6. The molecule has 0 spiro atoms. The molecule has 0 bridgehead atoms. The Kier molecular flexibility index (Phi) is 6.69. The standard InChI is InChI=1S/C27H22Cl2N6O3/c1-14(2)34-23-21(32-24(34)19-13-31-27(38-4)33-25(19)37-3)26(36)35(20-11-18(29)10-7-16(20)12-30)22(23)15-5-8-17(28)9-6-15/h5-11,13-14,22H,1-4H3. The number of rotatable bonds is 6. The van der Waals surface area contributed by atoms with Crippen LogP contribution < -0.4 is 14.4 Å². The van der Waals surface area contributed by atoms with E-state index in [0.717, 1.165) is 5.56 Å². The smallest absolute Gasteiger partial charge is 0.319 e. The topological polar surface area (TPSA) is 106 Å². The number of carbonyl (C=O) groups is 1. The lowest BCUT2D eigenvalue weighted by molar-refractivity contribution is 0.0989. The molecule has 2 aromatic carbocycles. The summed E-state index contributed by atoms with van der Waals surface area (Å²) in [4.78, 5) is 29.0. The molecule has 1 aliphatic heterocycles. The largest absolute Gasteiger partial charge is 0.480 e. The highest BCUT2D eigenvalue weighted by atomic mass is 35.5. The number of halogens is 2. The van der Waals surface area contributed by atoms with Crippen molar-refractivity contribution in [2.45, 2.75) is 25.9 Å². The van der Waals surface area contributed by atoms with E-state index in [0.29, 0.717) is 38.4 Å². The Labute approximate surface area is 229 Å². The third-order valence-corrected chi connectivity index (χ3v) is 6.76. The molecule has 0 saturated heterocycles. The van der Waals surface area contributed by atoms with Crippen molar-refractivity contribution in [3.05, 3.63) is 81.2 Å². The molecule has 0 radical (unpaired) electrons. The van der Waals surface area contributed by atoms with E-state index in [4.69, 9.17) is 37.7 Å². The molecule has 3 heterocycles. The minimum Gasteiger partial charge on any atom is -0.480 e. The summed E-state index contributed by atoms with van der Waals surface area (Å²) in [5, 5.41) is 10.8. The van der Waals surface area contributed by atoms with Gasteiger partial charge in [-0.25, -0.2) is 9.97 Å². The van der Waals surface area contributed by atoms with E-state index < -0.39 is 6.04 Å². The Balaban J connectivity index is 1.80. The fourth-order valence-corrected chi connectivity index (χ4v) is 4.98. The van der Waals surface area contributed by atoms with Crippen LogP contribution in [0.3, 0.4) is 0 Å². The van der Waals surface area contributed by atoms with E-state index >= 15 is 0 Å². The van der Waals surface area contributed by atoms with Crippen molar-refractivity contribution in [2.75, 3.05) is 19.1 Å². The summed E-state index contributed by atoms with van der Waals surface area (Å²) >= 11 is 12.5. The van der Waals surface area contributed by atoms with Crippen LogP contribution in [-0.2, 0) is 0 Å². The lowest BCUT2D eigenvalue weighted by Crippen LogP contribution is -2.31. The molecule has 2 aromatic heterocycles. The first-order chi connectivity index (χ1) is 18.3. The average Bonchev–Trinajstić information content (AvgIpc) is 3.43. The van der Waals surface area contributed by atoms with Crippen molar-refractivity contribution in [1.82, 2.24) is 19.5 Å². The molecule has 0 N–H and O–H groups in total. The monoisotopic (exact) mass is 548 g/mol. The molecule has 9 nitrogen and oxygen atoms in total. The van der Waals surface area contributed by atoms with Gasteiger partial charge in [0.2, 0.25) is 5.88 Å². The number of nitriles is 1. The van der Waals surface area contributed by atoms with Crippen LogP contribution in [0.15, 0.2) is 48.7 Å². The summed E-state index contributed by atoms with van der Waals surface area (Å²) in [7, 11) is 2.96. The van der Waals surface area contributed by atoms with E-state index in [1.165, 1.54) is 14.2 Å². The molecular weight excluding hydrogens is 527 g/mol. The number of imidazole rings is 1. The van der Waals surface area contributed by atoms with Crippen molar-refractivity contribution >= 4 is 34.8 Å². The quantitative estimate of drug-likeness (QED) is 0.296. The molecule has 0 aliphatic carbocycles. The summed E-state index contributed by atoms with van der Waals surface area (Å²) in [5.74, 6) is 0.368. The van der Waals surface area contributed by atoms with Crippen LogP contribution in [0.1, 0.15) is 53.2 Å². The minimum absolute atomic E-state index is 0.120. The van der Waals surface area contributed by atoms with Gasteiger partial charge in [0.25, 0.3) is 5.91 Å². The first-order valence-electron chi connectivity index (χ1n) is 11.6. The second-order valence-corrected chi connectivity index (χ2v) is 9.69. The van der Waals surface area contributed by atoms with Crippen LogP contribution in [-0.4, -0.2) is 39.6 Å². The number of amides is 1. The zero-order valence-corrected chi connectivity index (χ0v) is 22.4. The Morgan fingerprint density at radius 2 is 1.74 bits per heavy atom. The van der Waals surface area contributed by atoms with Crippen LogP contribution in [0.4, 0.5) is 5.69 Å². The highest BCUT2D eigenvalue weighted by molar-refractivity contribution is 6.31. The number of fused-ring (bicyclic) bond motifs is 1. The van der Waals surface area contributed by atoms with E-state index in [-0.39, 0.29) is 29.5 Å². The summed E-state index contributed by atoms with van der Waals surface area (Å²) in [6, 6.07) is 13.7. The minimum atomic E-state index is -0.617. The molecule has 11 heteroatoms. The van der Waals surface area contributed by atoms with Gasteiger partial charge in [-0.15, -0.1) is 0 Å². The maximum Gasteiger partial charge on any atom is 0.319 e. The number of hydrogen-bond acceptors (Lipinski definition) is 7. The van der Waals surface area contributed by atoms with E-state index in [1.54, 1.807) is 41.4 Å². The Hall–Kier alpha value is -4.13. The maximum absolute atomic E-state index is 14.1. The van der Waals surface area contributed by atoms with Crippen molar-refractivity contribution in [2.24, 2.45) is 0 Å². The highest BCUT2D eigenvalue weighted by Crippen LogP contribution is 2.46. The van der Waals surface area contributed by atoms with Crippen molar-refractivity contribution < 1.29 is 14.3 Å². The Morgan fingerprint density at radius 3 is 2.37 bits per heavy atom. The van der Waals surface area contributed by atoms with E-state index in [9.17, 15) is 10.1 Å². The van der Waals surface area contributed by atoms with Crippen molar-refractivity contribution in [3.8, 4) is 29.3 Å². The van der Waals surface area contributed by atoms with Gasteiger partial charge in [0.05, 0.1) is 36.7 Å². The summed E-state index contributed by atoms with van der Waals surface area (Å²) in [6.07, 6.45) is 1.56. The van der Waals surface area contributed by atoms with E-state index in [2.05, 4.69) is 16.0 Å². The second kappa shape index (κ2) is 9.97. The fraction of sp³-hybridized carbons (Fsp3) is 0.222.